The molecule has 0 spiro atoms. The first kappa shape index (κ1) is 15.5. The Morgan fingerprint density at radius 3 is 2.95 bits per heavy atom. The van der Waals surface area contributed by atoms with Crippen molar-refractivity contribution in [1.82, 2.24) is 10.2 Å². The average Bonchev–Trinajstić information content (AvgIpc) is 2.45. The van der Waals surface area contributed by atoms with Crippen molar-refractivity contribution in [2.24, 2.45) is 5.92 Å². The minimum absolute atomic E-state index is 0.573. The SMILES string of the molecule is COCc1cccc(CNC(C)C2CCCN(C)C2)c1. The summed E-state index contributed by atoms with van der Waals surface area (Å²) in [5.74, 6) is 0.774. The normalized spacial score (nSPS) is 21.9. The molecule has 1 fully saturated rings. The lowest BCUT2D eigenvalue weighted by Gasteiger charge is -2.34. The van der Waals surface area contributed by atoms with Crippen molar-refractivity contribution in [3.8, 4) is 0 Å². The van der Waals surface area contributed by atoms with E-state index in [4.69, 9.17) is 4.74 Å². The summed E-state index contributed by atoms with van der Waals surface area (Å²) < 4.78 is 5.19. The predicted molar refractivity (Wildman–Crippen MR) is 83.7 cm³/mol. The number of methoxy groups -OCH3 is 1. The number of hydrogen-bond donors (Lipinski definition) is 1. The van der Waals surface area contributed by atoms with Crippen LogP contribution in [0, 0.1) is 5.92 Å². The fraction of sp³-hybridized carbons (Fsp3) is 0.647. The second-order valence-corrected chi connectivity index (χ2v) is 6.09. The summed E-state index contributed by atoms with van der Waals surface area (Å²) in [4.78, 5) is 2.45. The fourth-order valence-corrected chi connectivity index (χ4v) is 3.06. The van der Waals surface area contributed by atoms with Gasteiger partial charge in [0.1, 0.15) is 0 Å². The van der Waals surface area contributed by atoms with Gasteiger partial charge >= 0.3 is 0 Å². The van der Waals surface area contributed by atoms with E-state index in [-0.39, 0.29) is 0 Å². The van der Waals surface area contributed by atoms with E-state index in [1.807, 2.05) is 0 Å². The average molecular weight is 276 g/mol. The Kier molecular flexibility index (Phi) is 6.02. The standard InChI is InChI=1S/C17H28N2O/c1-14(17-8-5-9-19(2)12-17)18-11-15-6-4-7-16(10-15)13-20-3/h4,6-7,10,14,17-18H,5,8-9,11-13H2,1-3H3. The van der Waals surface area contributed by atoms with Gasteiger partial charge in [0.05, 0.1) is 6.61 Å². The highest BCUT2D eigenvalue weighted by Crippen LogP contribution is 2.19. The largest absolute Gasteiger partial charge is 0.380 e. The van der Waals surface area contributed by atoms with Crippen LogP contribution in [-0.2, 0) is 17.9 Å². The smallest absolute Gasteiger partial charge is 0.0713 e. The van der Waals surface area contributed by atoms with E-state index in [2.05, 4.69) is 48.5 Å². The van der Waals surface area contributed by atoms with Crippen LogP contribution in [0.4, 0.5) is 0 Å². The number of nitrogens with one attached hydrogen (secondary N) is 1. The molecule has 3 nitrogen and oxygen atoms in total. The van der Waals surface area contributed by atoms with E-state index in [0.717, 1.165) is 12.5 Å². The molecule has 1 heterocycles. The summed E-state index contributed by atoms with van der Waals surface area (Å²) in [5.41, 5.74) is 2.59. The zero-order valence-corrected chi connectivity index (χ0v) is 13.1. The van der Waals surface area contributed by atoms with Crippen molar-refractivity contribution < 1.29 is 4.74 Å². The number of benzene rings is 1. The Balaban J connectivity index is 1.83. The molecule has 0 aliphatic carbocycles. The molecule has 0 radical (unpaired) electrons. The number of nitrogens with zero attached hydrogens (tertiary/aromatic N) is 1. The van der Waals surface area contributed by atoms with Gasteiger partial charge in [0.2, 0.25) is 0 Å². The molecule has 112 valence electrons. The maximum Gasteiger partial charge on any atom is 0.0713 e. The lowest BCUT2D eigenvalue weighted by Crippen LogP contribution is -2.42. The van der Waals surface area contributed by atoms with E-state index < -0.39 is 0 Å². The van der Waals surface area contributed by atoms with E-state index in [0.29, 0.717) is 12.6 Å². The zero-order valence-electron chi connectivity index (χ0n) is 13.1. The van der Waals surface area contributed by atoms with Crippen LogP contribution in [0.15, 0.2) is 24.3 Å². The maximum atomic E-state index is 5.19. The zero-order chi connectivity index (χ0) is 14.4. The molecule has 0 saturated carbocycles. The number of rotatable bonds is 6. The third kappa shape index (κ3) is 4.58. The molecule has 20 heavy (non-hydrogen) atoms. The Bertz CT molecular complexity index is 408. The van der Waals surface area contributed by atoms with Gasteiger partial charge in [0.25, 0.3) is 0 Å². The highest BCUT2D eigenvalue weighted by molar-refractivity contribution is 5.22. The molecule has 3 heteroatoms. The topological polar surface area (TPSA) is 24.5 Å². The fourth-order valence-electron chi connectivity index (χ4n) is 3.06. The van der Waals surface area contributed by atoms with Crippen LogP contribution in [0.25, 0.3) is 0 Å². The molecular formula is C17H28N2O. The molecule has 1 aliphatic heterocycles. The Labute approximate surface area is 123 Å². The van der Waals surface area contributed by atoms with Crippen LogP contribution in [0.5, 0.6) is 0 Å². The van der Waals surface area contributed by atoms with Gasteiger partial charge in [-0.3, -0.25) is 0 Å². The summed E-state index contributed by atoms with van der Waals surface area (Å²) in [7, 11) is 3.97. The summed E-state index contributed by atoms with van der Waals surface area (Å²) in [6, 6.07) is 9.22. The summed E-state index contributed by atoms with van der Waals surface area (Å²) in [6.07, 6.45) is 2.68. The first-order chi connectivity index (χ1) is 9.69. The second kappa shape index (κ2) is 7.77. The minimum atomic E-state index is 0.573. The van der Waals surface area contributed by atoms with Crippen LogP contribution < -0.4 is 5.32 Å². The molecular weight excluding hydrogens is 248 g/mol. The quantitative estimate of drug-likeness (QED) is 0.864. The number of likely N-dealkylation sites (tertiary alicyclic amines) is 1. The molecule has 1 aliphatic rings. The van der Waals surface area contributed by atoms with Gasteiger partial charge in [0.15, 0.2) is 0 Å². The third-order valence-corrected chi connectivity index (χ3v) is 4.30. The first-order valence-corrected chi connectivity index (χ1v) is 7.67. The van der Waals surface area contributed by atoms with Gasteiger partial charge < -0.3 is 15.0 Å². The van der Waals surface area contributed by atoms with E-state index in [1.165, 1.54) is 37.1 Å². The molecule has 0 amide bonds. The van der Waals surface area contributed by atoms with E-state index >= 15 is 0 Å². The lowest BCUT2D eigenvalue weighted by atomic mass is 9.92. The number of hydrogen-bond acceptors (Lipinski definition) is 3. The van der Waals surface area contributed by atoms with Crippen molar-refractivity contribution in [3.63, 3.8) is 0 Å². The van der Waals surface area contributed by atoms with Crippen LogP contribution >= 0.6 is 0 Å². The highest BCUT2D eigenvalue weighted by Gasteiger charge is 2.22. The van der Waals surface area contributed by atoms with Crippen LogP contribution in [-0.4, -0.2) is 38.2 Å². The number of ether oxygens (including phenoxy) is 1. The summed E-state index contributed by atoms with van der Waals surface area (Å²) >= 11 is 0. The van der Waals surface area contributed by atoms with Crippen LogP contribution in [0.3, 0.4) is 0 Å². The molecule has 2 rings (SSSR count). The Morgan fingerprint density at radius 2 is 2.20 bits per heavy atom. The van der Waals surface area contributed by atoms with Gasteiger partial charge in [-0.25, -0.2) is 0 Å². The van der Waals surface area contributed by atoms with Crippen molar-refractivity contribution >= 4 is 0 Å². The van der Waals surface area contributed by atoms with Gasteiger partial charge in [-0.05, 0) is 50.4 Å². The van der Waals surface area contributed by atoms with E-state index in [9.17, 15) is 0 Å². The summed E-state index contributed by atoms with van der Waals surface area (Å²) in [5, 5.41) is 3.69. The molecule has 0 aromatic heterocycles. The van der Waals surface area contributed by atoms with E-state index in [1.54, 1.807) is 7.11 Å². The lowest BCUT2D eigenvalue weighted by molar-refractivity contribution is 0.178. The second-order valence-electron chi connectivity index (χ2n) is 6.09. The third-order valence-electron chi connectivity index (χ3n) is 4.30. The number of piperidine rings is 1. The molecule has 1 aromatic rings. The minimum Gasteiger partial charge on any atom is -0.380 e. The Morgan fingerprint density at radius 1 is 1.40 bits per heavy atom. The van der Waals surface area contributed by atoms with Crippen molar-refractivity contribution in [2.45, 2.75) is 39.0 Å². The first-order valence-electron chi connectivity index (χ1n) is 7.67. The van der Waals surface area contributed by atoms with Crippen molar-refractivity contribution in [2.75, 3.05) is 27.2 Å². The monoisotopic (exact) mass is 276 g/mol. The molecule has 1 aromatic carbocycles. The maximum absolute atomic E-state index is 5.19. The van der Waals surface area contributed by atoms with Gasteiger partial charge in [-0.1, -0.05) is 24.3 Å². The molecule has 1 N–H and O–H groups in total. The molecule has 2 atom stereocenters. The van der Waals surface area contributed by atoms with Crippen molar-refractivity contribution in [1.29, 1.82) is 0 Å². The van der Waals surface area contributed by atoms with Crippen molar-refractivity contribution in [3.05, 3.63) is 35.4 Å². The molecule has 0 bridgehead atoms. The molecule has 1 saturated heterocycles. The van der Waals surface area contributed by atoms with Gasteiger partial charge in [0, 0.05) is 26.2 Å². The Hall–Kier alpha value is -0.900. The highest BCUT2D eigenvalue weighted by atomic mass is 16.5. The summed E-state index contributed by atoms with van der Waals surface area (Å²) in [6.45, 7) is 6.43. The van der Waals surface area contributed by atoms with Gasteiger partial charge in [-0.15, -0.1) is 0 Å². The molecule has 2 unspecified atom stereocenters. The van der Waals surface area contributed by atoms with Gasteiger partial charge in [-0.2, -0.15) is 0 Å². The van der Waals surface area contributed by atoms with Crippen LogP contribution in [0.2, 0.25) is 0 Å². The predicted octanol–water partition coefficient (Wildman–Crippen LogP) is 2.65. The van der Waals surface area contributed by atoms with Crippen LogP contribution in [0.1, 0.15) is 30.9 Å².